The van der Waals surface area contributed by atoms with Crippen LogP contribution >= 0.6 is 11.6 Å². The summed E-state index contributed by atoms with van der Waals surface area (Å²) < 4.78 is 29.2. The molecule has 0 spiro atoms. The third kappa shape index (κ3) is 10.2. The quantitative estimate of drug-likeness (QED) is 0.146. The minimum absolute atomic E-state index is 0.0135. The summed E-state index contributed by atoms with van der Waals surface area (Å²) in [6.07, 6.45) is 5.86. The first kappa shape index (κ1) is 37.1. The van der Waals surface area contributed by atoms with Gasteiger partial charge in [-0.25, -0.2) is 4.79 Å². The van der Waals surface area contributed by atoms with E-state index in [1.165, 1.54) is 20.3 Å². The van der Waals surface area contributed by atoms with Crippen molar-refractivity contribution >= 4 is 38.9 Å². The molecule has 0 bridgehead atoms. The van der Waals surface area contributed by atoms with E-state index in [0.717, 1.165) is 5.56 Å². The number of nitrogens with one attached hydrogen (secondary N) is 1. The van der Waals surface area contributed by atoms with Crippen LogP contribution in [0, 0.1) is 5.92 Å². The average Bonchev–Trinajstić information content (AvgIpc) is 3.10. The first-order chi connectivity index (χ1) is 19.7. The van der Waals surface area contributed by atoms with Crippen LogP contribution in [-0.4, -0.2) is 64.9 Å². The van der Waals surface area contributed by atoms with Gasteiger partial charge in [0.1, 0.15) is 11.8 Å². The van der Waals surface area contributed by atoms with Gasteiger partial charge in [-0.05, 0) is 81.9 Å². The van der Waals surface area contributed by atoms with Gasteiger partial charge in [0.25, 0.3) is 0 Å². The molecule has 1 fully saturated rings. The van der Waals surface area contributed by atoms with Gasteiger partial charge in [-0.3, -0.25) is 4.79 Å². The molecule has 1 aliphatic heterocycles. The molecule has 1 aromatic carbocycles. The van der Waals surface area contributed by atoms with Gasteiger partial charge in [0.2, 0.25) is 5.91 Å². The molecule has 1 heterocycles. The average molecular weight is 636 g/mol. The van der Waals surface area contributed by atoms with E-state index < -0.39 is 44.6 Å². The van der Waals surface area contributed by atoms with Crippen LogP contribution in [0.1, 0.15) is 67.4 Å². The van der Waals surface area contributed by atoms with Crippen molar-refractivity contribution in [2.45, 2.75) is 110 Å². The molecule has 0 aliphatic carbocycles. The highest BCUT2D eigenvalue weighted by Crippen LogP contribution is 2.39. The summed E-state index contributed by atoms with van der Waals surface area (Å²) in [5.41, 5.74) is -0.0731. The number of halogens is 1. The summed E-state index contributed by atoms with van der Waals surface area (Å²) in [5.74, 6) is 1.55. The molecule has 1 N–H and O–H groups in total. The SMILES string of the molecule is COC(=O)C(Cc1ccc(OC)c(Cl)c1)NC(=O)/C=C/C[C@H](O[Si](C)(C)C(C)(C)C)[C@H](C)/C=C/B1OC(C)(C)C(C)(C)O1. The number of carbonyl (C=O) groups excluding carboxylic acids is 2. The van der Waals surface area contributed by atoms with Crippen molar-refractivity contribution < 1.29 is 32.8 Å². The predicted octanol–water partition coefficient (Wildman–Crippen LogP) is 6.71. The molecule has 0 radical (unpaired) electrons. The lowest BCUT2D eigenvalue weighted by Gasteiger charge is -2.40. The minimum atomic E-state index is -2.13. The fraction of sp³-hybridized carbons (Fsp3) is 0.625. The lowest BCUT2D eigenvalue weighted by molar-refractivity contribution is -0.144. The zero-order valence-electron chi connectivity index (χ0n) is 28.0. The molecular weight excluding hydrogens is 585 g/mol. The van der Waals surface area contributed by atoms with Crippen LogP contribution in [-0.2, 0) is 34.5 Å². The Labute approximate surface area is 265 Å². The summed E-state index contributed by atoms with van der Waals surface area (Å²) in [7, 11) is 0.249. The molecule has 11 heteroatoms. The van der Waals surface area contributed by atoms with Crippen LogP contribution in [0.2, 0.25) is 23.2 Å². The maximum atomic E-state index is 12.9. The number of methoxy groups -OCH3 is 2. The Morgan fingerprint density at radius 1 is 1.12 bits per heavy atom. The molecule has 1 aliphatic rings. The maximum Gasteiger partial charge on any atom is 0.486 e. The normalized spacial score (nSPS) is 19.0. The Bertz CT molecular complexity index is 1160. The van der Waals surface area contributed by atoms with E-state index in [4.69, 9.17) is 34.8 Å². The van der Waals surface area contributed by atoms with Gasteiger partial charge in [0, 0.05) is 6.42 Å². The van der Waals surface area contributed by atoms with Gasteiger partial charge in [-0.1, -0.05) is 63.5 Å². The number of hydrogen-bond donors (Lipinski definition) is 1. The molecule has 1 unspecified atom stereocenters. The zero-order chi connectivity index (χ0) is 32.8. The number of rotatable bonds is 13. The fourth-order valence-electron chi connectivity index (χ4n) is 4.22. The lowest BCUT2D eigenvalue weighted by atomic mass is 9.87. The van der Waals surface area contributed by atoms with Crippen LogP contribution in [0.4, 0.5) is 0 Å². The molecule has 0 saturated carbocycles. The Morgan fingerprint density at radius 3 is 2.23 bits per heavy atom. The van der Waals surface area contributed by atoms with E-state index in [0.29, 0.717) is 17.2 Å². The van der Waals surface area contributed by atoms with Crippen molar-refractivity contribution in [3.8, 4) is 5.75 Å². The molecule has 3 atom stereocenters. The number of carbonyl (C=O) groups is 2. The number of benzene rings is 1. The molecule has 1 aromatic rings. The van der Waals surface area contributed by atoms with Crippen LogP contribution in [0.3, 0.4) is 0 Å². The second-order valence-corrected chi connectivity index (χ2v) is 18.8. The summed E-state index contributed by atoms with van der Waals surface area (Å²) in [4.78, 5) is 25.4. The molecule has 1 saturated heterocycles. The van der Waals surface area contributed by atoms with E-state index in [-0.39, 0.29) is 23.5 Å². The number of hydrogen-bond acceptors (Lipinski definition) is 7. The summed E-state index contributed by atoms with van der Waals surface area (Å²) in [6, 6.07) is 4.34. The van der Waals surface area contributed by atoms with Gasteiger partial charge >= 0.3 is 13.1 Å². The van der Waals surface area contributed by atoms with Crippen LogP contribution in [0.5, 0.6) is 5.75 Å². The van der Waals surface area contributed by atoms with E-state index >= 15 is 0 Å². The highest BCUT2D eigenvalue weighted by atomic mass is 35.5. The summed E-state index contributed by atoms with van der Waals surface area (Å²) in [6.45, 7) is 21.2. The molecule has 0 aromatic heterocycles. The van der Waals surface area contributed by atoms with Crippen molar-refractivity contribution in [3.05, 3.63) is 53.0 Å². The van der Waals surface area contributed by atoms with Crippen LogP contribution < -0.4 is 10.1 Å². The highest BCUT2D eigenvalue weighted by Gasteiger charge is 2.50. The zero-order valence-corrected chi connectivity index (χ0v) is 29.8. The Hall–Kier alpha value is -2.11. The topological polar surface area (TPSA) is 92.3 Å². The summed E-state index contributed by atoms with van der Waals surface area (Å²) in [5, 5.41) is 3.20. The first-order valence-electron chi connectivity index (χ1n) is 14.8. The standard InChI is InChI=1S/C32H51BClNO7Si/c1-22(18-19-33-41-31(5,6)32(7,8)42-33)26(40-43(11,12)30(2,3)4)14-13-15-28(36)35-25(29(37)39-10)21-23-16-17-27(38-9)24(34)20-23/h13,15-20,22,25-26H,14,21H2,1-12H3,(H,35,36)/b15-13+,19-18+/t22-,25?,26+/m1/s1. The van der Waals surface area contributed by atoms with E-state index in [9.17, 15) is 9.59 Å². The van der Waals surface area contributed by atoms with E-state index in [2.05, 4.69) is 52.2 Å². The van der Waals surface area contributed by atoms with Gasteiger partial charge in [0.15, 0.2) is 8.32 Å². The predicted molar refractivity (Wildman–Crippen MR) is 176 cm³/mol. The first-order valence-corrected chi connectivity index (χ1v) is 18.1. The van der Waals surface area contributed by atoms with Crippen LogP contribution in [0.25, 0.3) is 0 Å². The second kappa shape index (κ2) is 14.8. The van der Waals surface area contributed by atoms with Crippen molar-refractivity contribution in [3.63, 3.8) is 0 Å². The van der Waals surface area contributed by atoms with Crippen molar-refractivity contribution in [2.75, 3.05) is 14.2 Å². The van der Waals surface area contributed by atoms with Crippen LogP contribution in [0.15, 0.2) is 42.4 Å². The van der Waals surface area contributed by atoms with E-state index in [1.54, 1.807) is 24.3 Å². The van der Waals surface area contributed by atoms with Crippen molar-refractivity contribution in [2.24, 2.45) is 5.92 Å². The van der Waals surface area contributed by atoms with Crippen molar-refractivity contribution in [1.29, 1.82) is 0 Å². The van der Waals surface area contributed by atoms with Gasteiger partial charge in [0.05, 0.1) is 36.5 Å². The molecular formula is C32H51BClNO7Si. The molecule has 1 amide bonds. The van der Waals surface area contributed by atoms with Crippen molar-refractivity contribution in [1.82, 2.24) is 5.32 Å². The molecule has 43 heavy (non-hydrogen) atoms. The number of ether oxygens (including phenoxy) is 2. The smallest absolute Gasteiger partial charge is 0.486 e. The summed E-state index contributed by atoms with van der Waals surface area (Å²) >= 11 is 6.25. The molecule has 240 valence electrons. The van der Waals surface area contributed by atoms with Gasteiger partial charge < -0.3 is 28.5 Å². The molecule has 2 rings (SSSR count). The largest absolute Gasteiger partial charge is 0.495 e. The fourth-order valence-corrected chi connectivity index (χ4v) is 5.92. The third-order valence-electron chi connectivity index (χ3n) is 8.78. The Kier molecular flexibility index (Phi) is 12.7. The monoisotopic (exact) mass is 635 g/mol. The minimum Gasteiger partial charge on any atom is -0.495 e. The lowest BCUT2D eigenvalue weighted by Crippen LogP contribution is -2.45. The van der Waals surface area contributed by atoms with Gasteiger partial charge in [-0.2, -0.15) is 0 Å². The van der Waals surface area contributed by atoms with Gasteiger partial charge in [-0.15, -0.1) is 0 Å². The number of esters is 1. The Balaban J connectivity index is 2.16. The number of amides is 1. The maximum absolute atomic E-state index is 12.9. The third-order valence-corrected chi connectivity index (χ3v) is 13.6. The highest BCUT2D eigenvalue weighted by molar-refractivity contribution is 6.74. The van der Waals surface area contributed by atoms with E-state index in [1.807, 2.05) is 33.7 Å². The second-order valence-electron chi connectivity index (χ2n) is 13.7. The Morgan fingerprint density at radius 2 is 1.72 bits per heavy atom. The molecule has 8 nitrogen and oxygen atoms in total.